The minimum absolute atomic E-state index is 0.126. The van der Waals surface area contributed by atoms with Gasteiger partial charge in [-0.15, -0.1) is 0 Å². The van der Waals surface area contributed by atoms with Crippen LogP contribution in [-0.2, 0) is 4.74 Å². The van der Waals surface area contributed by atoms with Crippen molar-refractivity contribution in [2.24, 2.45) is 4.99 Å². The first-order valence-electron chi connectivity index (χ1n) is 11.6. The van der Waals surface area contributed by atoms with Gasteiger partial charge in [-0.05, 0) is 50.9 Å². The van der Waals surface area contributed by atoms with E-state index in [4.69, 9.17) is 9.73 Å². The van der Waals surface area contributed by atoms with Crippen LogP contribution >= 0.6 is 15.8 Å². The average Bonchev–Trinajstić information content (AvgIpc) is 3.25. The number of ether oxygens (including phenoxy) is 1. The van der Waals surface area contributed by atoms with Crippen molar-refractivity contribution in [3.05, 3.63) is 121 Å². The summed E-state index contributed by atoms with van der Waals surface area (Å²) in [6.45, 7) is 4.95. The molecule has 5 rings (SSSR count). The van der Waals surface area contributed by atoms with E-state index in [1.165, 1.54) is 21.2 Å². The van der Waals surface area contributed by atoms with Gasteiger partial charge in [0.25, 0.3) is 0 Å². The molecule has 0 atom stereocenters. The first-order chi connectivity index (χ1) is 16.6. The van der Waals surface area contributed by atoms with E-state index in [0.717, 1.165) is 5.90 Å². The second-order valence-corrected chi connectivity index (χ2v) is 14.0. The fourth-order valence-electron chi connectivity index (χ4n) is 4.30. The summed E-state index contributed by atoms with van der Waals surface area (Å²) >= 11 is 0. The minimum atomic E-state index is -0.780. The fraction of sp³-hybridized carbons (Fsp3) is 0.167. The highest BCUT2D eigenvalue weighted by Gasteiger charge is 2.42. The molecule has 0 bridgehead atoms. The molecule has 4 aromatic rings. The van der Waals surface area contributed by atoms with Crippen molar-refractivity contribution in [1.82, 2.24) is 0 Å². The molecular formula is C30H29NOP2. The first kappa shape index (κ1) is 23.0. The summed E-state index contributed by atoms with van der Waals surface area (Å²) < 4.78 is 6.46. The molecule has 1 heterocycles. The van der Waals surface area contributed by atoms with Gasteiger partial charge in [0.15, 0.2) is 5.90 Å². The molecule has 0 aliphatic carbocycles. The number of hydrogen-bond acceptors (Lipinski definition) is 2. The maximum absolute atomic E-state index is 6.46. The van der Waals surface area contributed by atoms with E-state index in [9.17, 15) is 0 Å². The van der Waals surface area contributed by atoms with Gasteiger partial charge in [-0.1, -0.05) is 121 Å². The molecule has 4 aromatic carbocycles. The average molecular weight is 482 g/mol. The van der Waals surface area contributed by atoms with E-state index in [1.807, 2.05) is 0 Å². The first-order valence-corrected chi connectivity index (χ1v) is 14.5. The fourth-order valence-corrected chi connectivity index (χ4v) is 11.2. The van der Waals surface area contributed by atoms with E-state index in [1.54, 1.807) is 0 Å². The zero-order valence-electron chi connectivity index (χ0n) is 19.6. The standard InChI is InChI=1S/C30H29NOP2/c1-30(2)23-32-28(31-30)29(33(24-15-7-3-8-16-24)25-17-9-4-10-18-25)34(26-19-11-5-12-20-26)27-21-13-6-14-22-27/h3-22,29H,23H2,1-2H3. The second-order valence-electron chi connectivity index (χ2n) is 9.01. The van der Waals surface area contributed by atoms with Crippen LogP contribution in [0.2, 0.25) is 0 Å². The van der Waals surface area contributed by atoms with Crippen LogP contribution in [0, 0.1) is 0 Å². The van der Waals surface area contributed by atoms with Crippen LogP contribution in [0.1, 0.15) is 13.8 Å². The van der Waals surface area contributed by atoms with Crippen molar-refractivity contribution in [2.75, 3.05) is 6.61 Å². The maximum atomic E-state index is 6.46. The van der Waals surface area contributed by atoms with Crippen molar-refractivity contribution in [2.45, 2.75) is 24.8 Å². The molecule has 0 unspecified atom stereocenters. The third-order valence-corrected chi connectivity index (χ3v) is 12.1. The summed E-state index contributed by atoms with van der Waals surface area (Å²) in [6, 6.07) is 43.8. The maximum Gasteiger partial charge on any atom is 0.197 e. The van der Waals surface area contributed by atoms with Crippen LogP contribution in [-0.4, -0.2) is 23.4 Å². The molecule has 0 spiro atoms. The summed E-state index contributed by atoms with van der Waals surface area (Å²) in [6.07, 6.45) is 0. The number of aliphatic imine (C=N–C) groups is 1. The van der Waals surface area contributed by atoms with Gasteiger partial charge in [-0.25, -0.2) is 4.99 Å². The molecule has 34 heavy (non-hydrogen) atoms. The SMILES string of the molecule is CC1(C)COC(C(P(c2ccccc2)c2ccccc2)P(c2ccccc2)c2ccccc2)=N1. The topological polar surface area (TPSA) is 21.6 Å². The van der Waals surface area contributed by atoms with Crippen LogP contribution in [0.3, 0.4) is 0 Å². The predicted molar refractivity (Wildman–Crippen MR) is 149 cm³/mol. The predicted octanol–water partition coefficient (Wildman–Crippen LogP) is 5.79. The Morgan fingerprint density at radius 1 is 0.588 bits per heavy atom. The normalized spacial score (nSPS) is 14.9. The molecule has 0 amide bonds. The summed E-state index contributed by atoms with van der Waals surface area (Å²) in [7, 11) is -1.56. The number of rotatable bonds is 7. The van der Waals surface area contributed by atoms with Crippen molar-refractivity contribution in [3.8, 4) is 0 Å². The molecule has 4 heteroatoms. The van der Waals surface area contributed by atoms with Crippen LogP contribution in [0.25, 0.3) is 0 Å². The summed E-state index contributed by atoms with van der Waals surface area (Å²) in [5, 5.41) is 5.53. The van der Waals surface area contributed by atoms with E-state index in [0.29, 0.717) is 6.61 Å². The van der Waals surface area contributed by atoms with Gasteiger partial charge < -0.3 is 4.74 Å². The lowest BCUT2D eigenvalue weighted by Gasteiger charge is -2.35. The number of hydrogen-bond donors (Lipinski definition) is 0. The Morgan fingerprint density at radius 2 is 0.912 bits per heavy atom. The third-order valence-electron chi connectivity index (χ3n) is 5.83. The molecule has 170 valence electrons. The molecule has 1 aliphatic rings. The van der Waals surface area contributed by atoms with E-state index in [2.05, 4.69) is 135 Å². The number of benzene rings is 4. The molecule has 0 fully saturated rings. The van der Waals surface area contributed by atoms with Crippen molar-refractivity contribution >= 4 is 43.0 Å². The zero-order valence-corrected chi connectivity index (χ0v) is 21.4. The summed E-state index contributed by atoms with van der Waals surface area (Å²) in [4.78, 5) is 5.19. The van der Waals surface area contributed by atoms with Gasteiger partial charge in [0.2, 0.25) is 0 Å². The molecule has 0 saturated carbocycles. The zero-order chi connectivity index (χ0) is 23.4. The van der Waals surface area contributed by atoms with Crippen molar-refractivity contribution in [1.29, 1.82) is 0 Å². The second kappa shape index (κ2) is 10.2. The van der Waals surface area contributed by atoms with E-state index < -0.39 is 15.8 Å². The lowest BCUT2D eigenvalue weighted by Crippen LogP contribution is -2.33. The highest BCUT2D eigenvalue weighted by Crippen LogP contribution is 2.57. The largest absolute Gasteiger partial charge is 0.478 e. The monoisotopic (exact) mass is 481 g/mol. The lowest BCUT2D eigenvalue weighted by atomic mass is 10.1. The van der Waals surface area contributed by atoms with Crippen LogP contribution in [0.5, 0.6) is 0 Å². The molecule has 0 radical (unpaired) electrons. The Hall–Kier alpha value is -2.79. The van der Waals surface area contributed by atoms with Gasteiger partial charge in [-0.2, -0.15) is 0 Å². The molecule has 0 N–H and O–H groups in total. The Labute approximate surface area is 205 Å². The third kappa shape index (κ3) is 5.00. The van der Waals surface area contributed by atoms with Gasteiger partial charge in [0.1, 0.15) is 6.61 Å². The highest BCUT2D eigenvalue weighted by atomic mass is 31.2. The Kier molecular flexibility index (Phi) is 6.91. The van der Waals surface area contributed by atoms with Gasteiger partial charge >= 0.3 is 0 Å². The lowest BCUT2D eigenvalue weighted by molar-refractivity contribution is 0.277. The molecule has 0 aromatic heterocycles. The quantitative estimate of drug-likeness (QED) is 0.307. The summed E-state index contributed by atoms with van der Waals surface area (Å²) in [5.41, 5.74) is -0.212. The highest BCUT2D eigenvalue weighted by molar-refractivity contribution is 7.90. The van der Waals surface area contributed by atoms with Gasteiger partial charge in [0, 0.05) is 0 Å². The Balaban J connectivity index is 1.77. The Morgan fingerprint density at radius 3 is 1.18 bits per heavy atom. The van der Waals surface area contributed by atoms with Crippen LogP contribution in [0.4, 0.5) is 0 Å². The molecule has 1 aliphatic heterocycles. The molecule has 2 nitrogen and oxygen atoms in total. The van der Waals surface area contributed by atoms with E-state index in [-0.39, 0.29) is 10.9 Å². The van der Waals surface area contributed by atoms with Crippen LogP contribution < -0.4 is 21.2 Å². The molecule has 0 saturated heterocycles. The van der Waals surface area contributed by atoms with E-state index >= 15 is 0 Å². The smallest absolute Gasteiger partial charge is 0.197 e. The Bertz CT molecular complexity index is 1070. The van der Waals surface area contributed by atoms with Crippen LogP contribution in [0.15, 0.2) is 126 Å². The van der Waals surface area contributed by atoms with Crippen molar-refractivity contribution in [3.63, 3.8) is 0 Å². The number of nitrogens with zero attached hydrogens (tertiary/aromatic N) is 1. The molecular weight excluding hydrogens is 452 g/mol. The van der Waals surface area contributed by atoms with Gasteiger partial charge in [-0.3, -0.25) is 0 Å². The van der Waals surface area contributed by atoms with Crippen molar-refractivity contribution < 1.29 is 4.74 Å². The minimum Gasteiger partial charge on any atom is -0.478 e. The van der Waals surface area contributed by atoms with Gasteiger partial charge in [0.05, 0.1) is 10.9 Å². The summed E-state index contributed by atoms with van der Waals surface area (Å²) in [5.74, 6) is 0.905.